The van der Waals surface area contributed by atoms with Gasteiger partial charge in [-0.25, -0.2) is 0 Å². The van der Waals surface area contributed by atoms with Crippen molar-refractivity contribution in [3.8, 4) is 0 Å². The van der Waals surface area contributed by atoms with Crippen LogP contribution in [0.3, 0.4) is 0 Å². The molecule has 1 aromatic rings. The molecule has 3 heterocycles. The molecule has 3 aliphatic rings. The largest absolute Gasteiger partial charge is 0.314 e. The van der Waals surface area contributed by atoms with Gasteiger partial charge in [-0.05, 0) is 38.0 Å². The number of imide groups is 2. The second-order valence-corrected chi connectivity index (χ2v) is 8.24. The summed E-state index contributed by atoms with van der Waals surface area (Å²) in [5.41, 5.74) is 1.61. The zero-order valence-corrected chi connectivity index (χ0v) is 16.1. The van der Waals surface area contributed by atoms with Gasteiger partial charge in [-0.1, -0.05) is 6.07 Å². The molecule has 148 valence electrons. The van der Waals surface area contributed by atoms with Gasteiger partial charge in [0, 0.05) is 38.1 Å². The van der Waals surface area contributed by atoms with E-state index in [4.69, 9.17) is 0 Å². The summed E-state index contributed by atoms with van der Waals surface area (Å²) in [5.74, 6) is -1.90. The number of carbonyl (C=O) groups excluding carboxylic acids is 4. The first-order chi connectivity index (χ1) is 13.3. The van der Waals surface area contributed by atoms with Crippen molar-refractivity contribution < 1.29 is 19.2 Å². The predicted octanol–water partition coefficient (Wildman–Crippen LogP) is 0.272. The van der Waals surface area contributed by atoms with Crippen LogP contribution >= 0.6 is 0 Å². The fraction of sp³-hybridized carbons (Fsp3) is 0.500. The summed E-state index contributed by atoms with van der Waals surface area (Å²) >= 11 is 0. The van der Waals surface area contributed by atoms with E-state index in [9.17, 15) is 19.2 Å². The third-order valence-electron chi connectivity index (χ3n) is 5.85. The Morgan fingerprint density at radius 3 is 2.57 bits per heavy atom. The third kappa shape index (κ3) is 3.12. The maximum absolute atomic E-state index is 12.9. The molecule has 1 unspecified atom stereocenters. The van der Waals surface area contributed by atoms with Gasteiger partial charge in [0.05, 0.1) is 11.1 Å². The minimum absolute atomic E-state index is 0.00412. The number of piperidine rings is 1. The van der Waals surface area contributed by atoms with Crippen molar-refractivity contribution in [2.75, 3.05) is 19.6 Å². The summed E-state index contributed by atoms with van der Waals surface area (Å²) in [7, 11) is 0. The smallest absolute Gasteiger partial charge is 0.262 e. The highest BCUT2D eigenvalue weighted by Gasteiger charge is 2.44. The Kier molecular flexibility index (Phi) is 4.55. The number of carbonyl (C=O) groups is 4. The number of fused-ring (bicyclic) bond motifs is 1. The molecular weight excluding hydrogens is 360 g/mol. The lowest BCUT2D eigenvalue weighted by Crippen LogP contribution is -2.57. The van der Waals surface area contributed by atoms with Crippen LogP contribution in [0.25, 0.3) is 0 Å². The van der Waals surface area contributed by atoms with Crippen LogP contribution in [-0.2, 0) is 16.1 Å². The van der Waals surface area contributed by atoms with Gasteiger partial charge in [0.2, 0.25) is 11.8 Å². The lowest BCUT2D eigenvalue weighted by molar-refractivity contribution is -0.136. The highest BCUT2D eigenvalue weighted by Crippen LogP contribution is 2.29. The number of piperazine rings is 1. The number of nitrogens with zero attached hydrogens (tertiary/aromatic N) is 2. The minimum Gasteiger partial charge on any atom is -0.314 e. The summed E-state index contributed by atoms with van der Waals surface area (Å²) in [6.45, 7) is 7.73. The van der Waals surface area contributed by atoms with Crippen molar-refractivity contribution in [3.05, 3.63) is 34.9 Å². The summed E-state index contributed by atoms with van der Waals surface area (Å²) in [6.07, 6.45) is 0.283. The second kappa shape index (κ2) is 6.79. The molecule has 2 saturated heterocycles. The first-order valence-electron chi connectivity index (χ1n) is 9.58. The molecule has 2 fully saturated rings. The van der Waals surface area contributed by atoms with Crippen molar-refractivity contribution in [3.63, 3.8) is 0 Å². The summed E-state index contributed by atoms with van der Waals surface area (Å²) in [5, 5.41) is 5.60. The maximum Gasteiger partial charge on any atom is 0.262 e. The molecule has 2 N–H and O–H groups in total. The van der Waals surface area contributed by atoms with Gasteiger partial charge in [-0.3, -0.25) is 34.3 Å². The molecule has 4 amide bonds. The quantitative estimate of drug-likeness (QED) is 0.726. The van der Waals surface area contributed by atoms with Crippen molar-refractivity contribution in [1.82, 2.24) is 20.4 Å². The molecule has 8 heteroatoms. The standard InChI is InChI=1S/C20H24N4O4/c1-20(2)11-21-7-8-23(20)10-12-3-4-13-14(9-12)19(28)24(18(13)27)15-5-6-16(25)22-17(15)26/h3-4,9,15,21H,5-8,10-11H2,1-2H3,(H,22,25,26). The number of amides is 4. The molecule has 0 aliphatic carbocycles. The van der Waals surface area contributed by atoms with E-state index >= 15 is 0 Å². The lowest BCUT2D eigenvalue weighted by atomic mass is 9.98. The second-order valence-electron chi connectivity index (χ2n) is 8.24. The zero-order chi connectivity index (χ0) is 20.1. The Balaban J connectivity index is 1.57. The van der Waals surface area contributed by atoms with Gasteiger partial charge in [-0.15, -0.1) is 0 Å². The molecule has 0 radical (unpaired) electrons. The van der Waals surface area contributed by atoms with Crippen molar-refractivity contribution in [2.45, 2.75) is 44.8 Å². The van der Waals surface area contributed by atoms with E-state index in [1.54, 1.807) is 12.1 Å². The van der Waals surface area contributed by atoms with Crippen LogP contribution in [0.1, 0.15) is 53.0 Å². The molecule has 0 bridgehead atoms. The first-order valence-corrected chi connectivity index (χ1v) is 9.58. The first kappa shape index (κ1) is 18.8. The van der Waals surface area contributed by atoms with Gasteiger partial charge in [-0.2, -0.15) is 0 Å². The van der Waals surface area contributed by atoms with E-state index in [1.807, 2.05) is 6.07 Å². The Hall–Kier alpha value is -2.58. The molecule has 1 aromatic carbocycles. The number of benzene rings is 1. The van der Waals surface area contributed by atoms with Crippen molar-refractivity contribution in [2.24, 2.45) is 0 Å². The molecule has 8 nitrogen and oxygen atoms in total. The SMILES string of the molecule is CC1(C)CNCCN1Cc1ccc2c(c1)C(=O)N(C1CCC(=O)NC1=O)C2=O. The number of nitrogens with one attached hydrogen (secondary N) is 2. The van der Waals surface area contributed by atoms with Crippen LogP contribution in [-0.4, -0.2) is 64.6 Å². The lowest BCUT2D eigenvalue weighted by Gasteiger charge is -2.43. The van der Waals surface area contributed by atoms with Gasteiger partial charge in [0.25, 0.3) is 11.8 Å². The molecule has 0 spiro atoms. The molecular formula is C20H24N4O4. The average molecular weight is 384 g/mol. The van der Waals surface area contributed by atoms with Crippen LogP contribution in [0.5, 0.6) is 0 Å². The van der Waals surface area contributed by atoms with Gasteiger partial charge < -0.3 is 5.32 Å². The van der Waals surface area contributed by atoms with Gasteiger partial charge in [0.1, 0.15) is 6.04 Å². The fourth-order valence-corrected chi connectivity index (χ4v) is 4.15. The van der Waals surface area contributed by atoms with Crippen LogP contribution < -0.4 is 10.6 Å². The predicted molar refractivity (Wildman–Crippen MR) is 100 cm³/mol. The van der Waals surface area contributed by atoms with E-state index < -0.39 is 23.8 Å². The maximum atomic E-state index is 12.9. The average Bonchev–Trinajstić information content (AvgIpc) is 2.88. The van der Waals surface area contributed by atoms with Gasteiger partial charge >= 0.3 is 0 Å². The van der Waals surface area contributed by atoms with E-state index in [0.717, 1.165) is 30.1 Å². The topological polar surface area (TPSA) is 98.8 Å². The number of hydrogen-bond acceptors (Lipinski definition) is 6. The Bertz CT molecular complexity index is 879. The number of rotatable bonds is 3. The Morgan fingerprint density at radius 2 is 1.86 bits per heavy atom. The highest BCUT2D eigenvalue weighted by molar-refractivity contribution is 6.23. The molecule has 0 aromatic heterocycles. The van der Waals surface area contributed by atoms with E-state index in [1.165, 1.54) is 0 Å². The Morgan fingerprint density at radius 1 is 1.11 bits per heavy atom. The number of hydrogen-bond donors (Lipinski definition) is 2. The van der Waals surface area contributed by atoms with E-state index in [0.29, 0.717) is 17.7 Å². The molecule has 4 rings (SSSR count). The van der Waals surface area contributed by atoms with Crippen LogP contribution in [0, 0.1) is 0 Å². The summed E-state index contributed by atoms with van der Waals surface area (Å²) in [4.78, 5) is 52.6. The normalized spacial score (nSPS) is 25.1. The minimum atomic E-state index is -0.930. The van der Waals surface area contributed by atoms with Gasteiger partial charge in [0.15, 0.2) is 0 Å². The van der Waals surface area contributed by atoms with E-state index in [-0.39, 0.29) is 24.3 Å². The molecule has 0 saturated carbocycles. The van der Waals surface area contributed by atoms with E-state index in [2.05, 4.69) is 29.4 Å². The van der Waals surface area contributed by atoms with Crippen LogP contribution in [0.2, 0.25) is 0 Å². The van der Waals surface area contributed by atoms with Crippen LogP contribution in [0.4, 0.5) is 0 Å². The Labute approximate surface area is 163 Å². The third-order valence-corrected chi connectivity index (χ3v) is 5.85. The van der Waals surface area contributed by atoms with Crippen molar-refractivity contribution >= 4 is 23.6 Å². The monoisotopic (exact) mass is 384 g/mol. The van der Waals surface area contributed by atoms with Crippen LogP contribution in [0.15, 0.2) is 18.2 Å². The molecule has 1 atom stereocenters. The molecule has 28 heavy (non-hydrogen) atoms. The fourth-order valence-electron chi connectivity index (χ4n) is 4.15. The molecule has 3 aliphatic heterocycles. The summed E-state index contributed by atoms with van der Waals surface area (Å²) < 4.78 is 0. The van der Waals surface area contributed by atoms with Crippen molar-refractivity contribution in [1.29, 1.82) is 0 Å². The summed E-state index contributed by atoms with van der Waals surface area (Å²) in [6, 6.07) is 4.38. The zero-order valence-electron chi connectivity index (χ0n) is 16.1. The highest BCUT2D eigenvalue weighted by atomic mass is 16.2.